The van der Waals surface area contributed by atoms with E-state index in [0.717, 1.165) is 51.0 Å². The molecular weight excluding hydrogens is 381 g/mol. The molecule has 1 saturated heterocycles. The molecule has 5 nitrogen and oxygen atoms in total. The summed E-state index contributed by atoms with van der Waals surface area (Å²) in [6.45, 7) is 3.03. The third-order valence-electron chi connectivity index (χ3n) is 5.40. The fourth-order valence-electron chi connectivity index (χ4n) is 3.73. The summed E-state index contributed by atoms with van der Waals surface area (Å²) in [5, 5.41) is 6.93. The molecule has 1 aliphatic heterocycles. The van der Waals surface area contributed by atoms with E-state index in [4.69, 9.17) is 0 Å². The Hall–Kier alpha value is -2.35. The van der Waals surface area contributed by atoms with Gasteiger partial charge in [-0.3, -0.25) is 14.4 Å². The van der Waals surface area contributed by atoms with Crippen LogP contribution in [0.5, 0.6) is 0 Å². The van der Waals surface area contributed by atoms with Gasteiger partial charge in [0.15, 0.2) is 0 Å². The summed E-state index contributed by atoms with van der Waals surface area (Å²) in [6.07, 6.45) is 2.89. The lowest BCUT2D eigenvalue weighted by molar-refractivity contribution is -0.137. The highest BCUT2D eigenvalue weighted by Gasteiger charge is 2.30. The summed E-state index contributed by atoms with van der Waals surface area (Å²) in [7, 11) is 1.91. The van der Waals surface area contributed by atoms with Crippen molar-refractivity contribution in [2.45, 2.75) is 44.9 Å². The molecular formula is C21H27F3N4O. The van der Waals surface area contributed by atoms with Gasteiger partial charge in [-0.05, 0) is 56.0 Å². The number of aromatic nitrogens is 2. The molecule has 8 heteroatoms. The maximum atomic E-state index is 12.7. The Bertz CT molecular complexity index is 810. The average molecular weight is 408 g/mol. The summed E-state index contributed by atoms with van der Waals surface area (Å²) >= 11 is 0. The van der Waals surface area contributed by atoms with Crippen LogP contribution in [0, 0.1) is 5.92 Å². The molecule has 0 bridgehead atoms. The maximum Gasteiger partial charge on any atom is 0.416 e. The zero-order valence-corrected chi connectivity index (χ0v) is 16.6. The first-order valence-electron chi connectivity index (χ1n) is 9.92. The van der Waals surface area contributed by atoms with E-state index in [-0.39, 0.29) is 12.5 Å². The van der Waals surface area contributed by atoms with Crippen molar-refractivity contribution in [1.29, 1.82) is 0 Å². The van der Waals surface area contributed by atoms with Crippen LogP contribution in [0.15, 0.2) is 36.7 Å². The number of amides is 1. The Kier molecular flexibility index (Phi) is 6.95. The van der Waals surface area contributed by atoms with Crippen LogP contribution < -0.4 is 5.32 Å². The fourth-order valence-corrected chi connectivity index (χ4v) is 3.73. The first kappa shape index (κ1) is 21.4. The maximum absolute atomic E-state index is 12.7. The van der Waals surface area contributed by atoms with Crippen LogP contribution in [0.25, 0.3) is 0 Å². The third-order valence-corrected chi connectivity index (χ3v) is 5.40. The molecule has 2 heterocycles. The van der Waals surface area contributed by atoms with Gasteiger partial charge in [-0.25, -0.2) is 0 Å². The number of rotatable bonds is 7. The molecule has 1 amide bonds. The molecule has 0 saturated carbocycles. The summed E-state index contributed by atoms with van der Waals surface area (Å²) in [6, 6.07) is 5.07. The van der Waals surface area contributed by atoms with Crippen molar-refractivity contribution in [2.24, 2.45) is 13.0 Å². The van der Waals surface area contributed by atoms with E-state index in [9.17, 15) is 18.0 Å². The Morgan fingerprint density at radius 1 is 1.24 bits per heavy atom. The predicted molar refractivity (Wildman–Crippen MR) is 104 cm³/mol. The van der Waals surface area contributed by atoms with Gasteiger partial charge in [-0.1, -0.05) is 12.1 Å². The van der Waals surface area contributed by atoms with E-state index >= 15 is 0 Å². The molecule has 1 aliphatic rings. The number of hydrogen-bond acceptors (Lipinski definition) is 3. The third kappa shape index (κ3) is 6.59. The number of nitrogens with one attached hydrogen (secondary N) is 1. The number of halogens is 3. The number of carbonyl (C=O) groups is 1. The topological polar surface area (TPSA) is 50.2 Å². The van der Waals surface area contributed by atoms with Gasteiger partial charge in [0.2, 0.25) is 5.91 Å². The second-order valence-electron chi connectivity index (χ2n) is 7.76. The minimum Gasteiger partial charge on any atom is -0.352 e. The van der Waals surface area contributed by atoms with Crippen molar-refractivity contribution in [3.05, 3.63) is 53.3 Å². The molecule has 0 spiro atoms. The van der Waals surface area contributed by atoms with Gasteiger partial charge in [-0.15, -0.1) is 0 Å². The van der Waals surface area contributed by atoms with E-state index < -0.39 is 11.7 Å². The van der Waals surface area contributed by atoms with Crippen molar-refractivity contribution in [2.75, 3.05) is 13.1 Å². The molecule has 0 radical (unpaired) electrons. The van der Waals surface area contributed by atoms with Gasteiger partial charge < -0.3 is 5.32 Å². The molecule has 29 heavy (non-hydrogen) atoms. The standard InChI is InChI=1S/C21H27F3N4O/c1-27-14-18(13-26-27)15-28-9-7-16(8-10-28)5-6-20(29)25-12-17-3-2-4-19(11-17)21(22,23)24/h2-4,11,13-14,16H,5-10,12,15H2,1H3,(H,25,29). The number of benzene rings is 1. The van der Waals surface area contributed by atoms with Crippen LogP contribution in [0.2, 0.25) is 0 Å². The number of carbonyl (C=O) groups excluding carboxylic acids is 1. The lowest BCUT2D eigenvalue weighted by Gasteiger charge is -2.31. The first-order chi connectivity index (χ1) is 13.8. The molecule has 1 aromatic carbocycles. The first-order valence-corrected chi connectivity index (χ1v) is 9.92. The van der Waals surface area contributed by atoms with Crippen LogP contribution in [-0.4, -0.2) is 33.7 Å². The van der Waals surface area contributed by atoms with Gasteiger partial charge in [0, 0.05) is 38.3 Å². The smallest absolute Gasteiger partial charge is 0.352 e. The van der Waals surface area contributed by atoms with Crippen molar-refractivity contribution in [3.8, 4) is 0 Å². The van der Waals surface area contributed by atoms with Gasteiger partial charge >= 0.3 is 6.18 Å². The Morgan fingerprint density at radius 2 is 2.00 bits per heavy atom. The monoisotopic (exact) mass is 408 g/mol. The van der Waals surface area contributed by atoms with Crippen molar-refractivity contribution >= 4 is 5.91 Å². The predicted octanol–water partition coefficient (Wildman–Crippen LogP) is 3.75. The lowest BCUT2D eigenvalue weighted by Crippen LogP contribution is -2.33. The highest BCUT2D eigenvalue weighted by atomic mass is 19.4. The van der Waals surface area contributed by atoms with Crippen LogP contribution in [0.1, 0.15) is 42.4 Å². The molecule has 1 N–H and O–H groups in total. The number of nitrogens with zero attached hydrogens (tertiary/aromatic N) is 3. The minimum atomic E-state index is -4.37. The van der Waals surface area contributed by atoms with Crippen LogP contribution in [0.4, 0.5) is 13.2 Å². The van der Waals surface area contributed by atoms with Crippen LogP contribution in [-0.2, 0) is 31.1 Å². The Labute approximate surface area is 168 Å². The lowest BCUT2D eigenvalue weighted by atomic mass is 9.92. The molecule has 158 valence electrons. The van der Waals surface area contributed by atoms with Crippen molar-refractivity contribution in [3.63, 3.8) is 0 Å². The fraction of sp³-hybridized carbons (Fsp3) is 0.524. The molecule has 0 aliphatic carbocycles. The number of piperidine rings is 1. The minimum absolute atomic E-state index is 0.111. The molecule has 3 rings (SSSR count). The van der Waals surface area contributed by atoms with E-state index in [2.05, 4.69) is 15.3 Å². The van der Waals surface area contributed by atoms with Crippen LogP contribution >= 0.6 is 0 Å². The summed E-state index contributed by atoms with van der Waals surface area (Å²) in [5.74, 6) is 0.402. The number of aryl methyl sites for hydroxylation is 1. The number of alkyl halides is 3. The van der Waals surface area contributed by atoms with Gasteiger partial charge in [0.25, 0.3) is 0 Å². The van der Waals surface area contributed by atoms with Gasteiger partial charge in [0.1, 0.15) is 0 Å². The van der Waals surface area contributed by atoms with E-state index in [1.54, 1.807) is 10.7 Å². The highest BCUT2D eigenvalue weighted by Crippen LogP contribution is 2.29. The SMILES string of the molecule is Cn1cc(CN2CCC(CCC(=O)NCc3cccc(C(F)(F)F)c3)CC2)cn1. The highest BCUT2D eigenvalue weighted by molar-refractivity contribution is 5.75. The summed E-state index contributed by atoms with van der Waals surface area (Å²) in [5.41, 5.74) is 0.971. The zero-order valence-electron chi connectivity index (χ0n) is 16.6. The van der Waals surface area contributed by atoms with E-state index in [0.29, 0.717) is 17.9 Å². The van der Waals surface area contributed by atoms with Gasteiger partial charge in [-0.2, -0.15) is 18.3 Å². The second kappa shape index (κ2) is 9.43. The quantitative estimate of drug-likeness (QED) is 0.759. The van der Waals surface area contributed by atoms with Gasteiger partial charge in [0.05, 0.1) is 11.8 Å². The number of hydrogen-bond donors (Lipinski definition) is 1. The largest absolute Gasteiger partial charge is 0.416 e. The molecule has 2 aromatic rings. The molecule has 1 aromatic heterocycles. The summed E-state index contributed by atoms with van der Waals surface area (Å²) < 4.78 is 40.1. The van der Waals surface area contributed by atoms with Crippen LogP contribution in [0.3, 0.4) is 0 Å². The number of likely N-dealkylation sites (tertiary alicyclic amines) is 1. The second-order valence-corrected chi connectivity index (χ2v) is 7.76. The zero-order chi connectivity index (χ0) is 20.9. The van der Waals surface area contributed by atoms with E-state index in [1.807, 2.05) is 19.4 Å². The van der Waals surface area contributed by atoms with E-state index in [1.165, 1.54) is 11.6 Å². The van der Waals surface area contributed by atoms with Crippen molar-refractivity contribution in [1.82, 2.24) is 20.0 Å². The molecule has 1 fully saturated rings. The Balaban J connectivity index is 1.35. The Morgan fingerprint density at radius 3 is 2.66 bits per heavy atom. The normalized spacial score (nSPS) is 16.1. The van der Waals surface area contributed by atoms with Crippen molar-refractivity contribution < 1.29 is 18.0 Å². The molecule has 0 unspecified atom stereocenters. The summed E-state index contributed by atoms with van der Waals surface area (Å²) in [4.78, 5) is 14.5. The average Bonchev–Trinajstić information content (AvgIpc) is 3.10. The molecule has 0 atom stereocenters.